The van der Waals surface area contributed by atoms with Crippen molar-refractivity contribution in [1.29, 1.82) is 0 Å². The third kappa shape index (κ3) is 67.8. The van der Waals surface area contributed by atoms with Gasteiger partial charge in [-0.1, -0.05) is 358 Å². The van der Waals surface area contributed by atoms with Gasteiger partial charge in [0, 0.05) is 19.3 Å². The summed E-state index contributed by atoms with van der Waals surface area (Å²) >= 11 is 0. The van der Waals surface area contributed by atoms with Crippen LogP contribution in [0.1, 0.15) is 380 Å². The molecule has 0 aromatic carbocycles. The fourth-order valence-electron chi connectivity index (χ4n) is 10.7. The van der Waals surface area contributed by atoms with Gasteiger partial charge in [-0.3, -0.25) is 14.4 Å². The minimum Gasteiger partial charge on any atom is -0.462 e. The van der Waals surface area contributed by atoms with Gasteiger partial charge in [0.1, 0.15) is 13.2 Å². The van der Waals surface area contributed by atoms with E-state index in [2.05, 4.69) is 81.5 Å². The van der Waals surface area contributed by atoms with Crippen molar-refractivity contribution in [2.75, 3.05) is 13.2 Å². The molecule has 0 aromatic heterocycles. The Morgan fingerprint density at radius 3 is 0.753 bits per heavy atom. The summed E-state index contributed by atoms with van der Waals surface area (Å²) < 4.78 is 17.0. The maximum atomic E-state index is 12.9. The Morgan fingerprint density at radius 1 is 0.259 bits per heavy atom. The second kappa shape index (κ2) is 69.6. The number of hydrogen-bond acceptors (Lipinski definition) is 6. The molecule has 0 amide bonds. The Morgan fingerprint density at radius 2 is 0.481 bits per heavy atom. The summed E-state index contributed by atoms with van der Waals surface area (Å²) in [5.41, 5.74) is 0. The molecule has 0 bridgehead atoms. The van der Waals surface area contributed by atoms with Crippen LogP contribution in [0.4, 0.5) is 0 Å². The predicted molar refractivity (Wildman–Crippen MR) is 353 cm³/mol. The lowest BCUT2D eigenvalue weighted by atomic mass is 10.0. The van der Waals surface area contributed by atoms with Crippen molar-refractivity contribution in [2.24, 2.45) is 0 Å². The second-order valence-electron chi connectivity index (χ2n) is 24.1. The van der Waals surface area contributed by atoms with E-state index in [4.69, 9.17) is 14.2 Å². The molecule has 0 saturated heterocycles. The summed E-state index contributed by atoms with van der Waals surface area (Å²) in [6.07, 6.45) is 89.6. The molecule has 0 rings (SSSR count). The Labute approximate surface area is 504 Å². The smallest absolute Gasteiger partial charge is 0.306 e. The highest BCUT2D eigenvalue weighted by molar-refractivity contribution is 5.71. The second-order valence-corrected chi connectivity index (χ2v) is 24.1. The van der Waals surface area contributed by atoms with Crippen LogP contribution in [0.25, 0.3) is 0 Å². The van der Waals surface area contributed by atoms with E-state index >= 15 is 0 Å². The van der Waals surface area contributed by atoms with Crippen molar-refractivity contribution in [3.8, 4) is 0 Å². The molecule has 6 nitrogen and oxygen atoms in total. The van der Waals surface area contributed by atoms with Crippen molar-refractivity contribution in [2.45, 2.75) is 386 Å². The van der Waals surface area contributed by atoms with Gasteiger partial charge < -0.3 is 14.2 Å². The molecule has 0 aliphatic heterocycles. The number of carbonyl (C=O) groups is 3. The lowest BCUT2D eigenvalue weighted by Crippen LogP contribution is -2.30. The molecule has 0 heterocycles. The topological polar surface area (TPSA) is 78.9 Å². The minimum atomic E-state index is -0.770. The molecule has 1 atom stereocenters. The van der Waals surface area contributed by atoms with Gasteiger partial charge in [-0.25, -0.2) is 0 Å². The van der Waals surface area contributed by atoms with Gasteiger partial charge in [0.2, 0.25) is 0 Å². The quantitative estimate of drug-likeness (QED) is 0.0261. The third-order valence-electron chi connectivity index (χ3n) is 16.0. The molecule has 1 unspecified atom stereocenters. The highest BCUT2D eigenvalue weighted by Gasteiger charge is 2.19. The predicted octanol–water partition coefficient (Wildman–Crippen LogP) is 24.7. The molecule has 0 fully saturated rings. The van der Waals surface area contributed by atoms with Gasteiger partial charge in [-0.05, 0) is 64.2 Å². The molecule has 0 aliphatic carbocycles. The van der Waals surface area contributed by atoms with Gasteiger partial charge in [0.15, 0.2) is 6.10 Å². The average molecular weight is 1130 g/mol. The van der Waals surface area contributed by atoms with E-state index in [0.29, 0.717) is 19.3 Å². The third-order valence-corrected chi connectivity index (χ3v) is 16.0. The SMILES string of the molecule is CC/C=C\C/C=C\C/C=C\C/C=C\C/C=C\CCCCCCCCCCCCCCCCCC(=O)OCC(COC(=O)CCCCCCCCCCCCCCCCCC)OC(=O)CCCCCCCCCCCCCCCCCC. The number of ether oxygens (including phenoxy) is 3. The van der Waals surface area contributed by atoms with Crippen LogP contribution in [0.3, 0.4) is 0 Å². The van der Waals surface area contributed by atoms with Gasteiger partial charge in [0.25, 0.3) is 0 Å². The first-order valence-corrected chi connectivity index (χ1v) is 35.8. The molecule has 0 aromatic rings. The van der Waals surface area contributed by atoms with Crippen LogP contribution in [-0.2, 0) is 28.6 Å². The Hall–Kier alpha value is -2.89. The van der Waals surface area contributed by atoms with Gasteiger partial charge in [-0.2, -0.15) is 0 Å². The molecule has 0 spiro atoms. The Kier molecular flexibility index (Phi) is 67.1. The van der Waals surface area contributed by atoms with Crippen LogP contribution in [0.5, 0.6) is 0 Å². The lowest BCUT2D eigenvalue weighted by Gasteiger charge is -2.18. The molecule has 0 N–H and O–H groups in total. The number of allylic oxidation sites excluding steroid dienone is 10. The van der Waals surface area contributed by atoms with Crippen molar-refractivity contribution in [3.05, 3.63) is 60.8 Å². The van der Waals surface area contributed by atoms with Crippen molar-refractivity contribution in [3.63, 3.8) is 0 Å². The number of rotatable bonds is 66. The number of carbonyl (C=O) groups excluding carboxylic acids is 3. The monoisotopic (exact) mass is 1130 g/mol. The maximum absolute atomic E-state index is 12.9. The number of unbranched alkanes of at least 4 members (excludes halogenated alkanes) is 45. The number of esters is 3. The normalized spacial score (nSPS) is 12.4. The molecule has 472 valence electrons. The van der Waals surface area contributed by atoms with Crippen LogP contribution in [0.15, 0.2) is 60.8 Å². The van der Waals surface area contributed by atoms with Crippen LogP contribution in [-0.4, -0.2) is 37.2 Å². The van der Waals surface area contributed by atoms with Crippen LogP contribution in [0, 0.1) is 0 Å². The molecule has 81 heavy (non-hydrogen) atoms. The van der Waals surface area contributed by atoms with E-state index in [1.807, 2.05) is 0 Å². The first-order chi connectivity index (χ1) is 40.0. The van der Waals surface area contributed by atoms with Gasteiger partial charge >= 0.3 is 17.9 Å². The summed E-state index contributed by atoms with van der Waals surface area (Å²) in [6, 6.07) is 0. The molecular formula is C75H136O6. The largest absolute Gasteiger partial charge is 0.462 e. The zero-order chi connectivity index (χ0) is 58.5. The van der Waals surface area contributed by atoms with Crippen LogP contribution in [0.2, 0.25) is 0 Å². The maximum Gasteiger partial charge on any atom is 0.306 e. The van der Waals surface area contributed by atoms with E-state index in [1.54, 1.807) is 0 Å². The lowest BCUT2D eigenvalue weighted by molar-refractivity contribution is -0.167. The van der Waals surface area contributed by atoms with Crippen molar-refractivity contribution in [1.82, 2.24) is 0 Å². The Balaban J connectivity index is 4.20. The standard InChI is InChI=1S/C75H136O6/c1-4-7-10-13-16-19-22-25-28-31-32-33-34-35-36-37-38-39-40-41-42-43-44-45-48-50-53-56-59-62-65-68-74(77)80-71-72(81-75(78)69-66-63-60-57-54-51-47-30-27-24-21-18-15-12-9-6-3)70-79-73(76)67-64-61-58-55-52-49-46-29-26-23-20-17-14-11-8-5-2/h7,10,16,19,25,28,32-33,35-36,72H,4-6,8-9,11-15,17-18,20-24,26-27,29-31,34,37-71H2,1-3H3/b10-7-,19-16-,28-25-,33-32-,36-35-. The molecule has 0 radical (unpaired) electrons. The number of hydrogen-bond donors (Lipinski definition) is 0. The van der Waals surface area contributed by atoms with Crippen LogP contribution < -0.4 is 0 Å². The first-order valence-electron chi connectivity index (χ1n) is 35.8. The van der Waals surface area contributed by atoms with Gasteiger partial charge in [0.05, 0.1) is 0 Å². The van der Waals surface area contributed by atoms with Crippen LogP contribution >= 0.6 is 0 Å². The highest BCUT2D eigenvalue weighted by Crippen LogP contribution is 2.18. The van der Waals surface area contributed by atoms with E-state index in [0.717, 1.165) is 89.9 Å². The zero-order valence-electron chi connectivity index (χ0n) is 54.3. The highest BCUT2D eigenvalue weighted by atomic mass is 16.6. The summed E-state index contributed by atoms with van der Waals surface area (Å²) in [4.78, 5) is 38.4. The molecule has 6 heteroatoms. The summed E-state index contributed by atoms with van der Waals surface area (Å²) in [6.45, 7) is 6.60. The molecular weight excluding hydrogens is 997 g/mol. The summed E-state index contributed by atoms with van der Waals surface area (Å²) in [7, 11) is 0. The summed E-state index contributed by atoms with van der Waals surface area (Å²) in [5, 5.41) is 0. The van der Waals surface area contributed by atoms with E-state index in [9.17, 15) is 14.4 Å². The van der Waals surface area contributed by atoms with E-state index < -0.39 is 6.10 Å². The fourth-order valence-corrected chi connectivity index (χ4v) is 10.7. The molecule has 0 aliphatic rings. The minimum absolute atomic E-state index is 0.0663. The fraction of sp³-hybridized carbons (Fsp3) is 0.827. The van der Waals surface area contributed by atoms with E-state index in [1.165, 1.54) is 250 Å². The molecule has 0 saturated carbocycles. The zero-order valence-corrected chi connectivity index (χ0v) is 54.3. The van der Waals surface area contributed by atoms with Crippen molar-refractivity contribution < 1.29 is 28.6 Å². The van der Waals surface area contributed by atoms with Gasteiger partial charge in [-0.15, -0.1) is 0 Å². The van der Waals surface area contributed by atoms with E-state index in [-0.39, 0.29) is 31.1 Å². The first kappa shape index (κ1) is 78.1. The van der Waals surface area contributed by atoms with Crippen molar-refractivity contribution >= 4 is 17.9 Å². The summed E-state index contributed by atoms with van der Waals surface area (Å²) in [5.74, 6) is -0.837. The Bertz CT molecular complexity index is 1440. The average Bonchev–Trinajstić information content (AvgIpc) is 3.47.